The fraction of sp³-hybridized carbons (Fsp3) is 0.200. The number of nitrogens with zero attached hydrogens (tertiary/aromatic N) is 20. The van der Waals surface area contributed by atoms with E-state index < -0.39 is 0 Å². The van der Waals surface area contributed by atoms with Crippen LogP contribution in [-0.4, -0.2) is 177 Å². The van der Waals surface area contributed by atoms with Gasteiger partial charge in [-0.05, 0) is 70.0 Å². The monoisotopic (exact) mass is 1630 g/mol. The summed E-state index contributed by atoms with van der Waals surface area (Å²) in [6, 6.07) is 73.1. The third-order valence-corrected chi connectivity index (χ3v) is 22.4. The lowest BCUT2D eigenvalue weighted by Crippen LogP contribution is -2.45. The maximum Gasteiger partial charge on any atom is 0.244 e. The zero-order chi connectivity index (χ0) is 80.5. The van der Waals surface area contributed by atoms with Gasteiger partial charge in [0.2, 0.25) is 11.8 Å². The molecular weight excluding hydrogens is 1550 g/mol. The Balaban J connectivity index is 0.000000117. The second-order valence-corrected chi connectivity index (χ2v) is 30.2. The van der Waals surface area contributed by atoms with Crippen LogP contribution in [0.15, 0.2) is 237 Å². The summed E-state index contributed by atoms with van der Waals surface area (Å²) in [4.78, 5) is 34.1. The summed E-state index contributed by atoms with van der Waals surface area (Å²) >= 11 is 27.4. The summed E-state index contributed by atoms with van der Waals surface area (Å²) in [6.07, 6.45) is 5.72. The first-order valence-electron chi connectivity index (χ1n) is 38.7. The number of piperazine rings is 1. The van der Waals surface area contributed by atoms with Crippen LogP contribution in [0.2, 0.25) is 20.1 Å². The highest BCUT2D eigenvalue weighted by Gasteiger charge is 2.29. The van der Waals surface area contributed by atoms with Crippen molar-refractivity contribution in [3.8, 4) is 90.1 Å². The van der Waals surface area contributed by atoms with Gasteiger partial charge in [0.25, 0.3) is 0 Å². The van der Waals surface area contributed by atoms with Crippen LogP contribution in [-0.2, 0) is 29.2 Å². The predicted octanol–water partition coefficient (Wildman–Crippen LogP) is 18.3. The number of benzene rings is 8. The SMILES string of the molecule is C=Cn1nc(-c2ccccc2)c2c(Cl)c(-c3ccccc3)nnc21.CN1CCN(CCn2nc(-c3ccccc3)c3c(Cl)c(-c4ccccc4)nnc32)CC1.Cc1cccc(-c2nn(CC(=O)N3CCCC3)c3nnc(-c4ccccc4)c(Cl)c23)c1.O=C(Cn1nc(-c2ccc(F)cc2)c2c(Cl)c(-c3ccccc3)nnc21)N1CCCC1. The molecule has 586 valence electrons. The number of aromatic nitrogens is 16. The zero-order valence-corrected chi connectivity index (χ0v) is 67.2. The molecule has 3 aliphatic rings. The lowest BCUT2D eigenvalue weighted by molar-refractivity contribution is -0.131. The smallest absolute Gasteiger partial charge is 0.244 e. The molecule has 27 heteroatoms. The van der Waals surface area contributed by atoms with Crippen molar-refractivity contribution in [3.05, 3.63) is 269 Å². The van der Waals surface area contributed by atoms with Crippen molar-refractivity contribution in [2.75, 3.05) is 66.0 Å². The molecule has 0 N–H and O–H groups in total. The molecule has 22 nitrogen and oxygen atoms in total. The number of amides is 2. The number of fused-ring (bicyclic) bond motifs is 4. The predicted molar refractivity (Wildman–Crippen MR) is 461 cm³/mol. The van der Waals surface area contributed by atoms with Gasteiger partial charge in [0.05, 0.1) is 48.2 Å². The normalized spacial score (nSPS) is 13.7. The van der Waals surface area contributed by atoms with E-state index in [2.05, 4.69) is 92.6 Å². The number of hydrogen-bond acceptors (Lipinski definition) is 16. The average Bonchev–Trinajstić information content (AvgIpc) is 1.63. The maximum absolute atomic E-state index is 13.5. The van der Waals surface area contributed by atoms with Gasteiger partial charge >= 0.3 is 0 Å². The van der Waals surface area contributed by atoms with Crippen LogP contribution < -0.4 is 0 Å². The number of aryl methyl sites for hydroxylation is 1. The molecule has 117 heavy (non-hydrogen) atoms. The van der Waals surface area contributed by atoms with Gasteiger partial charge in [-0.1, -0.05) is 259 Å². The molecule has 0 unspecified atom stereocenters. The minimum absolute atomic E-state index is 0.0161. The zero-order valence-electron chi connectivity index (χ0n) is 64.2. The first-order chi connectivity index (χ1) is 57.2. The van der Waals surface area contributed by atoms with Crippen LogP contribution in [0.5, 0.6) is 0 Å². The van der Waals surface area contributed by atoms with E-state index in [0.717, 1.165) is 169 Å². The molecule has 19 rings (SSSR count). The molecule has 0 saturated carbocycles. The van der Waals surface area contributed by atoms with Crippen molar-refractivity contribution in [2.45, 2.75) is 52.2 Å². The molecule has 3 aliphatic heterocycles. The highest BCUT2D eigenvalue weighted by Crippen LogP contribution is 2.43. The highest BCUT2D eigenvalue weighted by molar-refractivity contribution is 6.40. The molecule has 0 atom stereocenters. The van der Waals surface area contributed by atoms with Crippen LogP contribution in [0.25, 0.3) is 140 Å². The van der Waals surface area contributed by atoms with Crippen molar-refractivity contribution >= 4 is 109 Å². The molecule has 11 heterocycles. The van der Waals surface area contributed by atoms with Gasteiger partial charge in [0.15, 0.2) is 22.6 Å². The molecule has 0 spiro atoms. The Bertz CT molecular complexity index is 6220. The number of halogens is 5. The topological polar surface area (TPSA) is 221 Å². The van der Waals surface area contributed by atoms with Crippen LogP contribution in [0.4, 0.5) is 4.39 Å². The molecule has 2 amide bonds. The number of likely N-dealkylation sites (N-methyl/N-ethyl adjacent to an activating group) is 1. The fourth-order valence-electron chi connectivity index (χ4n) is 14.8. The molecule has 3 fully saturated rings. The Labute approximate surface area is 694 Å². The van der Waals surface area contributed by atoms with Crippen LogP contribution in [0.1, 0.15) is 31.2 Å². The Morgan fingerprint density at radius 1 is 0.359 bits per heavy atom. The summed E-state index contributed by atoms with van der Waals surface area (Å²) in [7, 11) is 2.17. The summed E-state index contributed by atoms with van der Waals surface area (Å²) in [5, 5.41) is 59.2. The quantitative estimate of drug-likeness (QED) is 0.0877. The summed E-state index contributed by atoms with van der Waals surface area (Å²) in [5.74, 6) is -0.312. The Morgan fingerprint density at radius 2 is 0.675 bits per heavy atom. The van der Waals surface area contributed by atoms with Gasteiger partial charge in [-0.15, -0.1) is 40.8 Å². The van der Waals surface area contributed by atoms with Crippen molar-refractivity contribution in [3.63, 3.8) is 0 Å². The van der Waals surface area contributed by atoms with E-state index in [1.807, 2.05) is 209 Å². The minimum Gasteiger partial charge on any atom is -0.341 e. The molecule has 8 aromatic heterocycles. The second kappa shape index (κ2) is 35.8. The summed E-state index contributed by atoms with van der Waals surface area (Å²) < 4.78 is 20.3. The maximum atomic E-state index is 13.5. The molecule has 0 bridgehead atoms. The Hall–Kier alpha value is -12.4. The fourth-order valence-corrected chi connectivity index (χ4v) is 16.0. The van der Waals surface area contributed by atoms with Gasteiger partial charge in [0, 0.05) is 110 Å². The Kier molecular flexibility index (Phi) is 24.0. The number of carbonyl (C=O) groups is 2. The second-order valence-electron chi connectivity index (χ2n) is 28.7. The van der Waals surface area contributed by atoms with Crippen molar-refractivity contribution in [1.29, 1.82) is 0 Å². The lowest BCUT2D eigenvalue weighted by atomic mass is 10.1. The third kappa shape index (κ3) is 17.0. The van der Waals surface area contributed by atoms with E-state index in [1.165, 1.54) is 12.1 Å². The molecule has 0 radical (unpaired) electrons. The Morgan fingerprint density at radius 3 is 1.05 bits per heavy atom. The van der Waals surface area contributed by atoms with Gasteiger partial charge < -0.3 is 14.7 Å². The first kappa shape index (κ1) is 78.5. The van der Waals surface area contributed by atoms with Gasteiger partial charge in [-0.2, -0.15) is 20.4 Å². The van der Waals surface area contributed by atoms with Crippen molar-refractivity contribution < 1.29 is 14.0 Å². The van der Waals surface area contributed by atoms with E-state index in [9.17, 15) is 14.0 Å². The van der Waals surface area contributed by atoms with Crippen LogP contribution >= 0.6 is 46.4 Å². The number of likely N-dealkylation sites (tertiary alicyclic amines) is 2. The molecule has 16 aromatic rings. The largest absolute Gasteiger partial charge is 0.341 e. The van der Waals surface area contributed by atoms with E-state index in [-0.39, 0.29) is 30.7 Å². The highest BCUT2D eigenvalue weighted by atomic mass is 35.5. The first-order valence-corrected chi connectivity index (χ1v) is 40.2. The molecular formula is C90H79Cl4FN20O2. The van der Waals surface area contributed by atoms with Gasteiger partial charge in [-0.25, -0.2) is 23.1 Å². The number of hydrogen-bond donors (Lipinski definition) is 0. The van der Waals surface area contributed by atoms with E-state index in [0.29, 0.717) is 82.1 Å². The van der Waals surface area contributed by atoms with Crippen molar-refractivity contribution in [2.24, 2.45) is 0 Å². The van der Waals surface area contributed by atoms with E-state index in [4.69, 9.17) is 56.6 Å². The van der Waals surface area contributed by atoms with Crippen molar-refractivity contribution in [1.82, 2.24) is 99.5 Å². The summed E-state index contributed by atoms with van der Waals surface area (Å²) in [6.45, 7) is 15.1. The molecule has 8 aromatic carbocycles. The van der Waals surface area contributed by atoms with Crippen LogP contribution in [0, 0.1) is 12.7 Å². The summed E-state index contributed by atoms with van der Waals surface area (Å²) in [5.41, 5.74) is 15.9. The lowest BCUT2D eigenvalue weighted by Gasteiger charge is -2.32. The van der Waals surface area contributed by atoms with Gasteiger partial charge in [0.1, 0.15) is 64.5 Å². The third-order valence-electron chi connectivity index (χ3n) is 20.9. The number of carbonyl (C=O) groups excluding carboxylic acids is 2. The van der Waals surface area contributed by atoms with E-state index in [1.54, 1.807) is 32.4 Å². The minimum atomic E-state index is -0.340. The average molecular weight is 1630 g/mol. The molecule has 3 saturated heterocycles. The molecule has 0 aliphatic carbocycles. The van der Waals surface area contributed by atoms with Crippen LogP contribution in [0.3, 0.4) is 0 Å². The standard InChI is InChI=1S/C24H25ClN6.C24H22ClN5O.C23H19ClFN5O.C19H13ClN4/c1-29-12-14-30(15-13-29)16-17-31-24-20(22(28-31)18-8-4-2-5-9-18)21(25)23(26-27-24)19-10-6-3-7-11-19;1-16-8-7-11-18(14-16)22-20-21(25)23(17-9-3-2-4-10-17)26-27-24(20)30(28-22)15-19(31)29-12-5-6-13-29;24-20-19-21(16-8-10-17(25)11-9-16)28-30(14-18(31)29-12-4-5-13-29)23(19)27-26-22(20)15-6-2-1-3-7-15;1-2-24-19-15(17(23-24)13-9-5-3-6-10-13)16(20)18(21-22-19)14-11-7-4-8-12-14/h2-11H,12-17H2,1H3;2-4,7-11,14H,5-6,12-13,15H2,1H3;1-3,6-11H,4-5,12-14H2;2-12H,1H2. The number of rotatable bonds is 16. The van der Waals surface area contributed by atoms with E-state index >= 15 is 0 Å². The van der Waals surface area contributed by atoms with Gasteiger partial charge in [-0.3, -0.25) is 14.5 Å².